The summed E-state index contributed by atoms with van der Waals surface area (Å²) in [5.74, 6) is -1.07. The maximum Gasteiger partial charge on any atom is 0.408 e. The number of ether oxygens (including phenoxy) is 1. The average molecular weight is 586 g/mol. The molecule has 2 aromatic rings. The van der Waals surface area contributed by atoms with Gasteiger partial charge in [0.25, 0.3) is 0 Å². The number of nitrogens with zero attached hydrogens (tertiary/aromatic N) is 2. The molecule has 11 heteroatoms. The zero-order valence-corrected chi connectivity index (χ0v) is 26.1. The Morgan fingerprint density at radius 2 is 1.73 bits per heavy atom. The molecule has 0 spiro atoms. The summed E-state index contributed by atoms with van der Waals surface area (Å²) in [5, 5.41) is 8.25. The van der Waals surface area contributed by atoms with Crippen molar-refractivity contribution in [3.05, 3.63) is 41.0 Å². The highest BCUT2D eigenvalue weighted by atomic mass is 32.1. The topological polar surface area (TPSA) is 130 Å². The highest BCUT2D eigenvalue weighted by Gasteiger charge is 2.42. The first-order chi connectivity index (χ1) is 19.1. The second kappa shape index (κ2) is 13.0. The predicted molar refractivity (Wildman–Crippen MR) is 159 cm³/mol. The van der Waals surface area contributed by atoms with Crippen LogP contribution in [0.2, 0.25) is 0 Å². The number of hydrogen-bond acceptors (Lipinski definition) is 7. The van der Waals surface area contributed by atoms with E-state index in [1.165, 1.54) is 0 Å². The molecule has 224 valence electrons. The Hall–Kier alpha value is -3.47. The highest BCUT2D eigenvalue weighted by molar-refractivity contribution is 7.13. The zero-order valence-electron chi connectivity index (χ0n) is 25.3. The van der Waals surface area contributed by atoms with E-state index in [4.69, 9.17) is 4.74 Å². The molecule has 2 heterocycles. The second-order valence-electron chi connectivity index (χ2n) is 12.5. The molecule has 0 saturated carbocycles. The van der Waals surface area contributed by atoms with Gasteiger partial charge in [-0.25, -0.2) is 9.78 Å². The number of hydrogen-bond donors (Lipinski definition) is 3. The highest BCUT2D eigenvalue weighted by Crippen LogP contribution is 2.29. The average Bonchev–Trinajstić information content (AvgIpc) is 3.53. The van der Waals surface area contributed by atoms with E-state index in [1.54, 1.807) is 37.0 Å². The number of likely N-dealkylation sites (tertiary alicyclic amines) is 1. The van der Waals surface area contributed by atoms with Gasteiger partial charge in [-0.1, -0.05) is 45.0 Å². The van der Waals surface area contributed by atoms with Gasteiger partial charge in [-0.05, 0) is 64.0 Å². The largest absolute Gasteiger partial charge is 0.444 e. The summed E-state index contributed by atoms with van der Waals surface area (Å²) in [6.45, 7) is 14.7. The third-order valence-electron chi connectivity index (χ3n) is 6.83. The number of alkyl carbamates (subject to hydrolysis) is 1. The molecule has 1 aromatic carbocycles. The second-order valence-corrected chi connectivity index (χ2v) is 13.4. The molecule has 1 fully saturated rings. The first-order valence-electron chi connectivity index (χ1n) is 13.9. The fraction of sp³-hybridized carbons (Fsp3) is 0.567. The Balaban J connectivity index is 1.63. The standard InChI is InChI=1S/C30H43N5O5S/c1-18(20-11-13-21(14-12-20)24-19(2)32-17-41-24)33-26(37)22-10-9-15-35(22)27(38)25(29(3,4)5)34-23(36)16-31-28(39)40-30(6,7)8/h11-14,17-18,22,25H,9-10,15-16H2,1-8H3,(H,31,39)(H,33,37)(H,34,36)/t18-,22-,25?/m0/s1. The van der Waals surface area contributed by atoms with E-state index in [2.05, 4.69) is 20.9 Å². The van der Waals surface area contributed by atoms with E-state index in [0.717, 1.165) is 21.7 Å². The van der Waals surface area contributed by atoms with Crippen LogP contribution < -0.4 is 16.0 Å². The van der Waals surface area contributed by atoms with Crippen LogP contribution in [0.3, 0.4) is 0 Å². The molecule has 10 nitrogen and oxygen atoms in total. The number of aryl methyl sites for hydroxylation is 1. The number of carbonyl (C=O) groups is 4. The van der Waals surface area contributed by atoms with Gasteiger partial charge in [0.15, 0.2) is 0 Å². The number of benzene rings is 1. The van der Waals surface area contributed by atoms with Gasteiger partial charge in [-0.3, -0.25) is 14.4 Å². The Morgan fingerprint density at radius 1 is 1.07 bits per heavy atom. The summed E-state index contributed by atoms with van der Waals surface area (Å²) in [5.41, 5.74) is 3.52. The van der Waals surface area contributed by atoms with Gasteiger partial charge in [-0.2, -0.15) is 0 Å². The van der Waals surface area contributed by atoms with E-state index in [-0.39, 0.29) is 24.4 Å². The lowest BCUT2D eigenvalue weighted by Gasteiger charge is -2.35. The van der Waals surface area contributed by atoms with Crippen LogP contribution in [0.5, 0.6) is 0 Å². The summed E-state index contributed by atoms with van der Waals surface area (Å²) in [6.07, 6.45) is 0.510. The molecule has 3 rings (SSSR count). The smallest absolute Gasteiger partial charge is 0.408 e. The molecule has 1 saturated heterocycles. The van der Waals surface area contributed by atoms with Crippen LogP contribution in [-0.2, 0) is 19.1 Å². The summed E-state index contributed by atoms with van der Waals surface area (Å²) < 4.78 is 5.17. The zero-order chi connectivity index (χ0) is 30.5. The van der Waals surface area contributed by atoms with E-state index in [0.29, 0.717) is 19.4 Å². The molecule has 0 radical (unpaired) electrons. The number of carbonyl (C=O) groups excluding carboxylic acids is 4. The molecule has 1 aliphatic heterocycles. The fourth-order valence-electron chi connectivity index (χ4n) is 4.69. The minimum atomic E-state index is -0.885. The number of rotatable bonds is 8. The van der Waals surface area contributed by atoms with Crippen molar-refractivity contribution in [1.29, 1.82) is 0 Å². The van der Waals surface area contributed by atoms with Gasteiger partial charge < -0.3 is 25.6 Å². The normalized spacial score (nSPS) is 17.0. The molecule has 1 aliphatic rings. The summed E-state index contributed by atoms with van der Waals surface area (Å²) in [7, 11) is 0. The van der Waals surface area contributed by atoms with Gasteiger partial charge >= 0.3 is 6.09 Å². The van der Waals surface area contributed by atoms with Crippen LogP contribution in [0.15, 0.2) is 29.8 Å². The fourth-order valence-corrected chi connectivity index (χ4v) is 5.50. The molecule has 4 amide bonds. The molecule has 0 aliphatic carbocycles. The van der Waals surface area contributed by atoms with E-state index in [9.17, 15) is 19.2 Å². The molecule has 3 N–H and O–H groups in total. The third kappa shape index (κ3) is 8.76. The Labute approximate surface area is 246 Å². The van der Waals surface area contributed by atoms with Crippen molar-refractivity contribution in [2.75, 3.05) is 13.1 Å². The van der Waals surface area contributed by atoms with Crippen molar-refractivity contribution in [2.24, 2.45) is 5.41 Å². The number of nitrogens with one attached hydrogen (secondary N) is 3. The van der Waals surface area contributed by atoms with Gasteiger partial charge in [0.05, 0.1) is 22.1 Å². The van der Waals surface area contributed by atoms with Crippen LogP contribution in [0, 0.1) is 12.3 Å². The van der Waals surface area contributed by atoms with Gasteiger partial charge in [-0.15, -0.1) is 11.3 Å². The molecular weight excluding hydrogens is 542 g/mol. The van der Waals surface area contributed by atoms with E-state index >= 15 is 0 Å². The van der Waals surface area contributed by atoms with Crippen LogP contribution in [-0.4, -0.2) is 64.5 Å². The third-order valence-corrected chi connectivity index (χ3v) is 7.80. The van der Waals surface area contributed by atoms with Crippen molar-refractivity contribution in [2.45, 2.75) is 92.0 Å². The number of thiazole rings is 1. The number of amides is 4. The van der Waals surface area contributed by atoms with Crippen LogP contribution in [0.4, 0.5) is 4.79 Å². The van der Waals surface area contributed by atoms with E-state index in [1.807, 2.05) is 64.4 Å². The van der Waals surface area contributed by atoms with Crippen molar-refractivity contribution in [1.82, 2.24) is 25.8 Å². The van der Waals surface area contributed by atoms with Crippen LogP contribution in [0.1, 0.15) is 78.6 Å². The van der Waals surface area contributed by atoms with Gasteiger partial charge in [0.1, 0.15) is 24.2 Å². The van der Waals surface area contributed by atoms with Crippen LogP contribution in [0.25, 0.3) is 10.4 Å². The van der Waals surface area contributed by atoms with Crippen molar-refractivity contribution < 1.29 is 23.9 Å². The summed E-state index contributed by atoms with van der Waals surface area (Å²) in [4.78, 5) is 58.7. The maximum absolute atomic E-state index is 13.7. The van der Waals surface area contributed by atoms with Crippen molar-refractivity contribution in [3.8, 4) is 10.4 Å². The molecular formula is C30H43N5O5S. The molecule has 1 unspecified atom stereocenters. The first kappa shape index (κ1) is 32.0. The Morgan fingerprint density at radius 3 is 2.29 bits per heavy atom. The molecule has 1 aromatic heterocycles. The quantitative estimate of drug-likeness (QED) is 0.423. The minimum absolute atomic E-state index is 0.226. The SMILES string of the molecule is Cc1ncsc1-c1ccc([C@H](C)NC(=O)[C@@H]2CCCN2C(=O)C(NC(=O)CNC(=O)OC(C)(C)C)C(C)(C)C)cc1. The first-order valence-corrected chi connectivity index (χ1v) is 14.8. The van der Waals surface area contributed by atoms with Crippen molar-refractivity contribution >= 4 is 35.2 Å². The summed E-state index contributed by atoms with van der Waals surface area (Å²) >= 11 is 1.59. The lowest BCUT2D eigenvalue weighted by atomic mass is 9.85. The molecule has 3 atom stereocenters. The minimum Gasteiger partial charge on any atom is -0.444 e. The Bertz CT molecular complexity index is 1250. The Kier molecular flexibility index (Phi) is 10.2. The number of aromatic nitrogens is 1. The lowest BCUT2D eigenvalue weighted by Crippen LogP contribution is -2.58. The van der Waals surface area contributed by atoms with E-state index < -0.39 is 35.1 Å². The lowest BCUT2D eigenvalue weighted by molar-refractivity contribution is -0.144. The predicted octanol–water partition coefficient (Wildman–Crippen LogP) is 4.34. The monoisotopic (exact) mass is 585 g/mol. The molecule has 0 bridgehead atoms. The molecule has 41 heavy (non-hydrogen) atoms. The van der Waals surface area contributed by atoms with Gasteiger partial charge in [0, 0.05) is 6.54 Å². The van der Waals surface area contributed by atoms with Crippen molar-refractivity contribution in [3.63, 3.8) is 0 Å². The summed E-state index contributed by atoms with van der Waals surface area (Å²) in [6, 6.07) is 6.26. The van der Waals surface area contributed by atoms with Gasteiger partial charge in [0.2, 0.25) is 17.7 Å². The van der Waals surface area contributed by atoms with Crippen LogP contribution >= 0.6 is 11.3 Å². The maximum atomic E-state index is 13.7.